The lowest BCUT2D eigenvalue weighted by Crippen LogP contribution is -2.35. The van der Waals surface area contributed by atoms with Gasteiger partial charge < -0.3 is 5.32 Å². The molecular formula is C11H20N2O2S2. The van der Waals surface area contributed by atoms with Gasteiger partial charge in [-0.25, -0.2) is 13.1 Å². The first kappa shape index (κ1) is 14.6. The van der Waals surface area contributed by atoms with Crippen LogP contribution in [0.3, 0.4) is 0 Å². The van der Waals surface area contributed by atoms with Crippen molar-refractivity contribution in [2.24, 2.45) is 5.92 Å². The summed E-state index contributed by atoms with van der Waals surface area (Å²) in [5.74, 6) is 0.278. The first-order valence-corrected chi connectivity index (χ1v) is 7.97. The number of rotatable bonds is 6. The van der Waals surface area contributed by atoms with Crippen molar-refractivity contribution in [2.45, 2.75) is 38.3 Å². The highest BCUT2D eigenvalue weighted by Crippen LogP contribution is 2.19. The maximum Gasteiger partial charge on any atom is 0.241 e. The van der Waals surface area contributed by atoms with Crippen LogP contribution >= 0.6 is 11.3 Å². The SMILES string of the molecule is CNCc1cc(S(=O)(=O)NC(C)C(C)C)cs1. The molecule has 0 amide bonds. The normalized spacial score (nSPS) is 14.2. The Balaban J connectivity index is 2.82. The second-order valence-electron chi connectivity index (χ2n) is 4.43. The Morgan fingerprint density at radius 3 is 2.53 bits per heavy atom. The standard InChI is InChI=1S/C11H20N2O2S2/c1-8(2)9(3)13-17(14,15)11-5-10(6-12-4)16-7-11/h5,7-9,12-13H,6H2,1-4H3. The molecule has 0 fully saturated rings. The third kappa shape index (κ3) is 4.06. The summed E-state index contributed by atoms with van der Waals surface area (Å²) in [7, 11) is -1.53. The van der Waals surface area contributed by atoms with Crippen molar-refractivity contribution in [1.82, 2.24) is 10.0 Å². The molecule has 1 atom stereocenters. The molecule has 1 aromatic rings. The Labute approximate surface area is 107 Å². The average molecular weight is 276 g/mol. The van der Waals surface area contributed by atoms with Crippen LogP contribution in [0.1, 0.15) is 25.6 Å². The third-order valence-corrected chi connectivity index (χ3v) is 5.26. The molecule has 1 heterocycles. The van der Waals surface area contributed by atoms with Gasteiger partial charge in [0.2, 0.25) is 10.0 Å². The van der Waals surface area contributed by atoms with Gasteiger partial charge in [0.15, 0.2) is 0 Å². The van der Waals surface area contributed by atoms with Gasteiger partial charge in [-0.1, -0.05) is 13.8 Å². The van der Waals surface area contributed by atoms with Crippen LogP contribution in [-0.4, -0.2) is 21.5 Å². The molecule has 1 rings (SSSR count). The summed E-state index contributed by atoms with van der Waals surface area (Å²) in [6, 6.07) is 1.66. The summed E-state index contributed by atoms with van der Waals surface area (Å²) in [5.41, 5.74) is 0. The first-order chi connectivity index (χ1) is 7.86. The van der Waals surface area contributed by atoms with E-state index in [1.54, 1.807) is 11.4 Å². The summed E-state index contributed by atoms with van der Waals surface area (Å²) in [6.07, 6.45) is 0. The van der Waals surface area contributed by atoms with Gasteiger partial charge in [0.05, 0.1) is 4.90 Å². The zero-order valence-corrected chi connectivity index (χ0v) is 12.3. The van der Waals surface area contributed by atoms with Gasteiger partial charge >= 0.3 is 0 Å². The molecule has 0 aromatic carbocycles. The number of thiophene rings is 1. The van der Waals surface area contributed by atoms with E-state index in [9.17, 15) is 8.42 Å². The van der Waals surface area contributed by atoms with E-state index in [0.717, 1.165) is 4.88 Å². The molecule has 0 saturated carbocycles. The van der Waals surface area contributed by atoms with Crippen LogP contribution in [0.25, 0.3) is 0 Å². The summed E-state index contributed by atoms with van der Waals surface area (Å²) in [4.78, 5) is 1.38. The van der Waals surface area contributed by atoms with Crippen LogP contribution in [0.4, 0.5) is 0 Å². The van der Waals surface area contributed by atoms with Crippen molar-refractivity contribution in [2.75, 3.05) is 7.05 Å². The van der Waals surface area contributed by atoms with Crippen LogP contribution in [0.2, 0.25) is 0 Å². The van der Waals surface area contributed by atoms with Gasteiger partial charge in [0.1, 0.15) is 0 Å². The lowest BCUT2D eigenvalue weighted by atomic mass is 10.1. The molecule has 1 unspecified atom stereocenters. The maximum absolute atomic E-state index is 12.0. The van der Waals surface area contributed by atoms with Crippen LogP contribution in [0.15, 0.2) is 16.3 Å². The number of nitrogens with one attached hydrogen (secondary N) is 2. The Morgan fingerprint density at radius 2 is 2.00 bits per heavy atom. The summed E-state index contributed by atoms with van der Waals surface area (Å²) < 4.78 is 26.8. The van der Waals surface area contributed by atoms with Crippen molar-refractivity contribution in [3.05, 3.63) is 16.3 Å². The first-order valence-electron chi connectivity index (χ1n) is 5.61. The van der Waals surface area contributed by atoms with E-state index >= 15 is 0 Å². The molecule has 2 N–H and O–H groups in total. The fraction of sp³-hybridized carbons (Fsp3) is 0.636. The highest BCUT2D eigenvalue weighted by atomic mass is 32.2. The Kier molecular flexibility index (Phi) is 5.12. The summed E-state index contributed by atoms with van der Waals surface area (Å²) in [6.45, 7) is 6.56. The highest BCUT2D eigenvalue weighted by Gasteiger charge is 2.20. The Morgan fingerprint density at radius 1 is 1.35 bits per heavy atom. The van der Waals surface area contributed by atoms with Gasteiger partial charge in [0.25, 0.3) is 0 Å². The topological polar surface area (TPSA) is 58.2 Å². The second-order valence-corrected chi connectivity index (χ2v) is 7.14. The van der Waals surface area contributed by atoms with Crippen LogP contribution in [0.5, 0.6) is 0 Å². The lowest BCUT2D eigenvalue weighted by Gasteiger charge is -2.16. The fourth-order valence-corrected chi connectivity index (χ4v) is 3.90. The van der Waals surface area contributed by atoms with Gasteiger partial charge in [-0.15, -0.1) is 11.3 Å². The Hall–Kier alpha value is -0.430. The molecule has 1 aromatic heterocycles. The van der Waals surface area contributed by atoms with Gasteiger partial charge in [-0.2, -0.15) is 0 Å². The zero-order chi connectivity index (χ0) is 13.1. The molecule has 0 bridgehead atoms. The van der Waals surface area contributed by atoms with Crippen LogP contribution in [-0.2, 0) is 16.6 Å². The van der Waals surface area contributed by atoms with Crippen LogP contribution < -0.4 is 10.0 Å². The predicted molar refractivity (Wildman–Crippen MR) is 71.7 cm³/mol. The predicted octanol–water partition coefficient (Wildman–Crippen LogP) is 1.79. The lowest BCUT2D eigenvalue weighted by molar-refractivity contribution is 0.476. The molecule has 0 saturated heterocycles. The average Bonchev–Trinajstić information content (AvgIpc) is 2.66. The van der Waals surface area contributed by atoms with Crippen LogP contribution in [0, 0.1) is 5.92 Å². The van der Waals surface area contributed by atoms with Gasteiger partial charge in [0, 0.05) is 22.8 Å². The van der Waals surface area contributed by atoms with E-state index in [-0.39, 0.29) is 12.0 Å². The van der Waals surface area contributed by atoms with E-state index in [1.807, 2.05) is 27.8 Å². The van der Waals surface area contributed by atoms with E-state index in [4.69, 9.17) is 0 Å². The minimum atomic E-state index is -3.37. The Bertz CT molecular complexity index is 452. The minimum Gasteiger partial charge on any atom is -0.315 e. The third-order valence-electron chi connectivity index (χ3n) is 2.63. The monoisotopic (exact) mass is 276 g/mol. The molecule has 0 aliphatic heterocycles. The highest BCUT2D eigenvalue weighted by molar-refractivity contribution is 7.89. The minimum absolute atomic E-state index is 0.0624. The van der Waals surface area contributed by atoms with E-state index in [1.165, 1.54) is 11.3 Å². The largest absolute Gasteiger partial charge is 0.315 e. The number of hydrogen-bond donors (Lipinski definition) is 2. The fourth-order valence-electron chi connectivity index (χ4n) is 1.22. The molecular weight excluding hydrogens is 256 g/mol. The quantitative estimate of drug-likeness (QED) is 0.833. The van der Waals surface area contributed by atoms with Gasteiger partial charge in [-0.05, 0) is 26.0 Å². The molecule has 98 valence electrons. The molecule has 0 radical (unpaired) electrons. The molecule has 0 spiro atoms. The van der Waals surface area contributed by atoms with E-state index < -0.39 is 10.0 Å². The van der Waals surface area contributed by atoms with Crippen molar-refractivity contribution in [1.29, 1.82) is 0 Å². The smallest absolute Gasteiger partial charge is 0.241 e. The summed E-state index contributed by atoms with van der Waals surface area (Å²) >= 11 is 1.45. The van der Waals surface area contributed by atoms with Crippen molar-refractivity contribution < 1.29 is 8.42 Å². The number of sulfonamides is 1. The molecule has 6 heteroatoms. The molecule has 0 aliphatic rings. The van der Waals surface area contributed by atoms with Gasteiger partial charge in [-0.3, -0.25) is 0 Å². The van der Waals surface area contributed by atoms with E-state index in [0.29, 0.717) is 11.4 Å². The molecule has 0 aliphatic carbocycles. The zero-order valence-electron chi connectivity index (χ0n) is 10.6. The number of hydrogen-bond acceptors (Lipinski definition) is 4. The maximum atomic E-state index is 12.0. The summed E-state index contributed by atoms with van der Waals surface area (Å²) in [5, 5.41) is 4.69. The van der Waals surface area contributed by atoms with Crippen molar-refractivity contribution in [3.63, 3.8) is 0 Å². The van der Waals surface area contributed by atoms with Crippen molar-refractivity contribution >= 4 is 21.4 Å². The second kappa shape index (κ2) is 5.95. The molecule has 17 heavy (non-hydrogen) atoms. The molecule has 4 nitrogen and oxygen atoms in total. The van der Waals surface area contributed by atoms with E-state index in [2.05, 4.69) is 10.0 Å². The van der Waals surface area contributed by atoms with Crippen molar-refractivity contribution in [3.8, 4) is 0 Å².